The molecule has 0 saturated heterocycles. The van der Waals surface area contributed by atoms with Gasteiger partial charge in [-0.15, -0.1) is 0 Å². The third-order valence-corrected chi connectivity index (χ3v) is 6.37. The zero-order valence-corrected chi connectivity index (χ0v) is 19.8. The molecule has 0 bridgehead atoms. The van der Waals surface area contributed by atoms with Crippen molar-refractivity contribution in [2.75, 3.05) is 14.2 Å². The maximum absolute atomic E-state index is 11.9. The molecule has 5 aromatic rings. The molecule has 2 heterocycles. The van der Waals surface area contributed by atoms with Crippen LogP contribution in [-0.4, -0.2) is 25.2 Å². The van der Waals surface area contributed by atoms with Gasteiger partial charge in [0.15, 0.2) is 12.7 Å². The van der Waals surface area contributed by atoms with E-state index in [1.807, 2.05) is 24.3 Å². The highest BCUT2D eigenvalue weighted by Crippen LogP contribution is 2.33. The Morgan fingerprint density at radius 1 is 0.939 bits per heavy atom. The number of methoxy groups -OCH3 is 2. The first-order chi connectivity index (χ1) is 16.1. The first-order valence-electron chi connectivity index (χ1n) is 10.5. The molecule has 33 heavy (non-hydrogen) atoms. The first-order valence-corrected chi connectivity index (χ1v) is 11.3. The van der Waals surface area contributed by atoms with E-state index in [0.29, 0.717) is 12.1 Å². The second kappa shape index (κ2) is 8.71. The molecule has 5 rings (SSSR count). The van der Waals surface area contributed by atoms with E-state index in [9.17, 15) is 4.79 Å². The van der Waals surface area contributed by atoms with Crippen molar-refractivity contribution in [3.8, 4) is 17.0 Å². The van der Waals surface area contributed by atoms with Crippen LogP contribution in [0.15, 0.2) is 83.5 Å². The van der Waals surface area contributed by atoms with Crippen molar-refractivity contribution in [3.63, 3.8) is 0 Å². The molecular weight excluding hydrogens is 480 g/mol. The van der Waals surface area contributed by atoms with E-state index < -0.39 is 0 Å². The fourth-order valence-corrected chi connectivity index (χ4v) is 4.44. The molecule has 5 nitrogen and oxygen atoms in total. The number of H-pyrrole nitrogens is 1. The molecule has 6 heteroatoms. The van der Waals surface area contributed by atoms with Crippen LogP contribution in [0.25, 0.3) is 33.1 Å². The lowest BCUT2D eigenvalue weighted by atomic mass is 10.0. The summed E-state index contributed by atoms with van der Waals surface area (Å²) >= 11 is 3.51. The maximum atomic E-state index is 11.9. The molecule has 0 amide bonds. The van der Waals surface area contributed by atoms with Crippen LogP contribution >= 0.6 is 15.9 Å². The van der Waals surface area contributed by atoms with Gasteiger partial charge in [-0.1, -0.05) is 28.1 Å². The van der Waals surface area contributed by atoms with E-state index in [2.05, 4.69) is 68.1 Å². The lowest BCUT2D eigenvalue weighted by Crippen LogP contribution is -2.36. The molecule has 0 unspecified atom stereocenters. The highest BCUT2D eigenvalue weighted by atomic mass is 79.9. The van der Waals surface area contributed by atoms with Gasteiger partial charge < -0.3 is 14.5 Å². The van der Waals surface area contributed by atoms with Crippen molar-refractivity contribution in [3.05, 3.63) is 94.6 Å². The van der Waals surface area contributed by atoms with Crippen molar-refractivity contribution in [2.24, 2.45) is 0 Å². The smallest absolute Gasteiger partial charge is 0.337 e. The maximum Gasteiger partial charge on any atom is 0.337 e. The number of hydrogen-bond donors (Lipinski definition) is 1. The zero-order valence-electron chi connectivity index (χ0n) is 18.3. The van der Waals surface area contributed by atoms with Gasteiger partial charge in [0.2, 0.25) is 5.69 Å². The highest BCUT2D eigenvalue weighted by Gasteiger charge is 2.22. The minimum atomic E-state index is -0.347. The second-order valence-electron chi connectivity index (χ2n) is 7.81. The van der Waals surface area contributed by atoms with Gasteiger partial charge in [0, 0.05) is 38.0 Å². The largest absolute Gasteiger partial charge is 0.497 e. The van der Waals surface area contributed by atoms with E-state index in [0.717, 1.165) is 43.3 Å². The van der Waals surface area contributed by atoms with E-state index in [4.69, 9.17) is 9.47 Å². The van der Waals surface area contributed by atoms with Gasteiger partial charge in [0.1, 0.15) is 11.3 Å². The average Bonchev–Trinajstić information content (AvgIpc) is 3.22. The minimum Gasteiger partial charge on any atom is -0.497 e. The van der Waals surface area contributed by atoms with Crippen LogP contribution in [0, 0.1) is 0 Å². The van der Waals surface area contributed by atoms with E-state index in [1.165, 1.54) is 12.7 Å². The molecule has 3 aromatic carbocycles. The minimum absolute atomic E-state index is 0.347. The third kappa shape index (κ3) is 3.98. The molecular formula is C27H22BrN2O3+. The molecule has 1 N–H and O–H groups in total. The van der Waals surface area contributed by atoms with Gasteiger partial charge in [-0.25, -0.2) is 4.79 Å². The van der Waals surface area contributed by atoms with Gasteiger partial charge in [0.25, 0.3) is 0 Å². The van der Waals surface area contributed by atoms with Crippen molar-refractivity contribution in [2.45, 2.75) is 6.54 Å². The number of carbonyl (C=O) groups is 1. The SMILES string of the molecule is COC(=O)c1ccc(-c2c3[nH]c4ccc(OC)cc4c3cc[n+]2Cc2ccc(Br)cc2)cc1. The molecule has 0 spiro atoms. The van der Waals surface area contributed by atoms with E-state index in [1.54, 1.807) is 19.2 Å². The number of carbonyl (C=O) groups excluding carboxylic acids is 1. The molecule has 0 fully saturated rings. The summed E-state index contributed by atoms with van der Waals surface area (Å²) in [6.45, 7) is 0.704. The Kier molecular flexibility index (Phi) is 5.60. The Morgan fingerprint density at radius 3 is 2.39 bits per heavy atom. The summed E-state index contributed by atoms with van der Waals surface area (Å²) in [7, 11) is 3.07. The fraction of sp³-hybridized carbons (Fsp3) is 0.111. The predicted molar refractivity (Wildman–Crippen MR) is 133 cm³/mol. The highest BCUT2D eigenvalue weighted by molar-refractivity contribution is 9.10. The summed E-state index contributed by atoms with van der Waals surface area (Å²) in [5.74, 6) is 0.471. The molecule has 0 aliphatic heterocycles. The van der Waals surface area contributed by atoms with Gasteiger partial charge in [-0.3, -0.25) is 0 Å². The number of hydrogen-bond acceptors (Lipinski definition) is 3. The van der Waals surface area contributed by atoms with Crippen molar-refractivity contribution >= 4 is 43.7 Å². The molecule has 164 valence electrons. The van der Waals surface area contributed by atoms with E-state index in [-0.39, 0.29) is 5.97 Å². The van der Waals surface area contributed by atoms with E-state index >= 15 is 0 Å². The number of ether oxygens (including phenoxy) is 2. The number of rotatable bonds is 5. The van der Waals surface area contributed by atoms with Crippen LogP contribution in [0.5, 0.6) is 5.75 Å². The summed E-state index contributed by atoms with van der Waals surface area (Å²) in [4.78, 5) is 15.5. The Morgan fingerprint density at radius 2 is 1.70 bits per heavy atom. The molecule has 0 atom stereocenters. The number of aromatic amines is 1. The number of nitrogens with zero attached hydrogens (tertiary/aromatic N) is 1. The third-order valence-electron chi connectivity index (χ3n) is 5.84. The average molecular weight is 502 g/mol. The lowest BCUT2D eigenvalue weighted by molar-refractivity contribution is -0.676. The summed E-state index contributed by atoms with van der Waals surface area (Å²) in [5, 5.41) is 2.22. The summed E-state index contributed by atoms with van der Waals surface area (Å²) in [5.41, 5.74) is 5.83. The number of aromatic nitrogens is 2. The van der Waals surface area contributed by atoms with Gasteiger partial charge in [-0.05, 0) is 54.6 Å². The van der Waals surface area contributed by atoms with Crippen LogP contribution in [0.3, 0.4) is 0 Å². The van der Waals surface area contributed by atoms with Crippen LogP contribution in [0.2, 0.25) is 0 Å². The Hall–Kier alpha value is -3.64. The quantitative estimate of drug-likeness (QED) is 0.241. The number of fused-ring (bicyclic) bond motifs is 3. The first kappa shape index (κ1) is 21.2. The van der Waals surface area contributed by atoms with Gasteiger partial charge in [-0.2, -0.15) is 4.57 Å². The number of benzene rings is 3. The lowest BCUT2D eigenvalue weighted by Gasteiger charge is -2.07. The number of halogens is 1. The van der Waals surface area contributed by atoms with Crippen molar-refractivity contribution in [1.82, 2.24) is 4.98 Å². The Balaban J connectivity index is 1.72. The van der Waals surface area contributed by atoms with Gasteiger partial charge >= 0.3 is 5.97 Å². The monoisotopic (exact) mass is 501 g/mol. The normalized spacial score (nSPS) is 11.1. The summed E-state index contributed by atoms with van der Waals surface area (Å²) in [6.07, 6.45) is 2.11. The fourth-order valence-electron chi connectivity index (χ4n) is 4.17. The Bertz CT molecular complexity index is 1470. The molecule has 2 aromatic heterocycles. The van der Waals surface area contributed by atoms with Crippen molar-refractivity contribution in [1.29, 1.82) is 0 Å². The van der Waals surface area contributed by atoms with Gasteiger partial charge in [0.05, 0.1) is 19.8 Å². The topological polar surface area (TPSA) is 55.2 Å². The molecule has 0 radical (unpaired) electrons. The summed E-state index contributed by atoms with van der Waals surface area (Å²) in [6, 6.07) is 24.0. The molecule has 0 saturated carbocycles. The number of pyridine rings is 1. The predicted octanol–water partition coefficient (Wildman–Crippen LogP) is 5.88. The van der Waals surface area contributed by atoms with Crippen LogP contribution in [-0.2, 0) is 11.3 Å². The molecule has 0 aliphatic rings. The van der Waals surface area contributed by atoms with Crippen LogP contribution < -0.4 is 9.30 Å². The van der Waals surface area contributed by atoms with Crippen LogP contribution in [0.4, 0.5) is 0 Å². The second-order valence-corrected chi connectivity index (χ2v) is 8.73. The van der Waals surface area contributed by atoms with Crippen molar-refractivity contribution < 1.29 is 18.8 Å². The standard InChI is InChI=1S/C27H21BrN2O3/c1-32-21-11-12-24-23(15-21)22-13-14-30(16-17-3-9-20(28)10-4-17)26(25(22)29-24)18-5-7-19(8-6-18)27(31)33-2/h3-15H,16H2,1-2H3/p+1. The summed E-state index contributed by atoms with van der Waals surface area (Å²) < 4.78 is 13.6. The number of nitrogens with one attached hydrogen (secondary N) is 1. The van der Waals surface area contributed by atoms with Crippen LogP contribution in [0.1, 0.15) is 15.9 Å². The zero-order chi connectivity index (χ0) is 22.9. The molecule has 0 aliphatic carbocycles. The Labute approximate surface area is 199 Å². The number of esters is 1.